The van der Waals surface area contributed by atoms with Gasteiger partial charge in [-0.25, -0.2) is 15.0 Å². The van der Waals surface area contributed by atoms with E-state index in [2.05, 4.69) is 15.0 Å². The maximum Gasteiger partial charge on any atom is 0.250 e. The van der Waals surface area contributed by atoms with Gasteiger partial charge in [0.15, 0.2) is 17.5 Å². The van der Waals surface area contributed by atoms with Crippen molar-refractivity contribution < 1.29 is 9.47 Å². The third-order valence-corrected chi connectivity index (χ3v) is 3.77. The Morgan fingerprint density at radius 2 is 1.12 bits per heavy atom. The molecule has 2 aromatic rings. The molecule has 24 heavy (non-hydrogen) atoms. The summed E-state index contributed by atoms with van der Waals surface area (Å²) in [5.74, 6) is 0.789. The largest absolute Gasteiger partial charge is 0.497 e. The summed E-state index contributed by atoms with van der Waals surface area (Å²) in [5, 5.41) is 0. The molecule has 0 saturated carbocycles. The van der Waals surface area contributed by atoms with E-state index in [-0.39, 0.29) is 17.5 Å². The Hall–Kier alpha value is -0.430. The van der Waals surface area contributed by atoms with Crippen molar-refractivity contribution in [2.75, 3.05) is 14.2 Å². The summed E-state index contributed by atoms with van der Waals surface area (Å²) in [7, 11) is 3.01. The van der Waals surface area contributed by atoms with Crippen molar-refractivity contribution >= 4 is 69.6 Å². The highest BCUT2D eigenvalue weighted by Crippen LogP contribution is 2.41. The fraction of sp³-hybridized carbons (Fsp3) is 0.308. The molecule has 130 valence electrons. The summed E-state index contributed by atoms with van der Waals surface area (Å²) >= 11 is 35.1. The second-order valence-corrected chi connectivity index (χ2v) is 8.97. The first-order valence-electron chi connectivity index (χ1n) is 6.18. The number of benzene rings is 1. The number of halogens is 6. The lowest BCUT2D eigenvalue weighted by molar-refractivity contribution is 0.394. The molecular weight excluding hydrogens is 443 g/mol. The summed E-state index contributed by atoms with van der Waals surface area (Å²) < 4.78 is 6.56. The number of nitrogens with zero attached hydrogens (tertiary/aromatic N) is 3. The Bertz CT molecular complexity index is 691. The fourth-order valence-electron chi connectivity index (χ4n) is 1.70. The van der Waals surface area contributed by atoms with Crippen molar-refractivity contribution in [2.45, 2.75) is 7.59 Å². The van der Waals surface area contributed by atoms with E-state index in [1.807, 2.05) is 0 Å². The number of ether oxygens (including phenoxy) is 2. The maximum absolute atomic E-state index is 5.86. The lowest BCUT2D eigenvalue weighted by Gasteiger charge is -2.16. The average molecular weight is 452 g/mol. The summed E-state index contributed by atoms with van der Waals surface area (Å²) in [5.41, 5.74) is 0.500. The molecule has 0 N–H and O–H groups in total. The predicted molar refractivity (Wildman–Crippen MR) is 96.8 cm³/mol. The van der Waals surface area contributed by atoms with Gasteiger partial charge in [0.2, 0.25) is 7.59 Å². The number of rotatable bonds is 3. The molecule has 11 heteroatoms. The number of methoxy groups -OCH3 is 2. The molecule has 0 saturated heterocycles. The van der Waals surface area contributed by atoms with Crippen LogP contribution in [0.25, 0.3) is 11.4 Å². The maximum atomic E-state index is 5.86. The molecule has 0 atom stereocenters. The van der Waals surface area contributed by atoms with Gasteiger partial charge in [-0.3, -0.25) is 0 Å². The zero-order chi connectivity index (χ0) is 18.1. The fourth-order valence-corrected chi connectivity index (χ4v) is 2.20. The van der Waals surface area contributed by atoms with E-state index in [1.165, 1.54) is 14.2 Å². The predicted octanol–water partition coefficient (Wildman–Crippen LogP) is 5.21. The van der Waals surface area contributed by atoms with E-state index < -0.39 is 7.59 Å². The minimum Gasteiger partial charge on any atom is -0.497 e. The molecule has 1 heterocycles. The van der Waals surface area contributed by atoms with Gasteiger partial charge in [-0.2, -0.15) is 0 Å². The molecule has 0 amide bonds. The normalized spacial score (nSPS) is 12.2. The number of hydrogen-bond acceptors (Lipinski definition) is 5. The highest BCUT2D eigenvalue weighted by molar-refractivity contribution is 6.67. The second kappa shape index (κ2) is 7.44. The smallest absolute Gasteiger partial charge is 0.250 e. The van der Waals surface area contributed by atoms with Crippen molar-refractivity contribution in [3.05, 3.63) is 29.8 Å². The van der Waals surface area contributed by atoms with Crippen LogP contribution in [0.2, 0.25) is 0 Å². The quantitative estimate of drug-likeness (QED) is 0.599. The molecular formula is C13H9Cl6N3O2. The van der Waals surface area contributed by atoms with E-state index in [1.54, 1.807) is 18.2 Å². The third-order valence-electron chi connectivity index (χ3n) is 2.75. The van der Waals surface area contributed by atoms with Crippen LogP contribution in [0.5, 0.6) is 11.5 Å². The summed E-state index contributed by atoms with van der Waals surface area (Å²) in [6.07, 6.45) is 0. The highest BCUT2D eigenvalue weighted by Gasteiger charge is 2.34. The Morgan fingerprint density at radius 3 is 1.46 bits per heavy atom. The highest BCUT2D eigenvalue weighted by atomic mass is 35.6. The SMILES string of the molecule is COc1cc(OC)cc(-c2nc(C(Cl)(Cl)Cl)nc(C(Cl)(Cl)Cl)n2)c1. The molecule has 0 aliphatic rings. The van der Waals surface area contributed by atoms with E-state index >= 15 is 0 Å². The Kier molecular flexibility index (Phi) is 6.17. The van der Waals surface area contributed by atoms with Crippen LogP contribution in [0.3, 0.4) is 0 Å². The van der Waals surface area contributed by atoms with Gasteiger partial charge in [-0.05, 0) is 12.1 Å². The molecule has 0 aliphatic heterocycles. The molecule has 2 rings (SSSR count). The molecule has 0 spiro atoms. The monoisotopic (exact) mass is 449 g/mol. The van der Waals surface area contributed by atoms with Crippen molar-refractivity contribution in [1.82, 2.24) is 15.0 Å². The van der Waals surface area contributed by atoms with E-state index in [9.17, 15) is 0 Å². The third kappa shape index (κ3) is 4.81. The second-order valence-electron chi connectivity index (χ2n) is 4.40. The molecule has 5 nitrogen and oxygen atoms in total. The van der Waals surface area contributed by atoms with Crippen LogP contribution in [0.1, 0.15) is 11.6 Å². The van der Waals surface area contributed by atoms with Crippen molar-refractivity contribution in [2.24, 2.45) is 0 Å². The first kappa shape index (κ1) is 19.9. The Morgan fingerprint density at radius 1 is 0.708 bits per heavy atom. The zero-order valence-corrected chi connectivity index (χ0v) is 16.7. The van der Waals surface area contributed by atoms with Crippen molar-refractivity contribution in [3.63, 3.8) is 0 Å². The Balaban J connectivity index is 2.70. The van der Waals surface area contributed by atoms with E-state index in [4.69, 9.17) is 79.1 Å². The molecule has 0 bridgehead atoms. The number of aromatic nitrogens is 3. The Labute approximate surface area is 168 Å². The van der Waals surface area contributed by atoms with Crippen LogP contribution in [-0.2, 0) is 7.59 Å². The van der Waals surface area contributed by atoms with Crippen molar-refractivity contribution in [1.29, 1.82) is 0 Å². The summed E-state index contributed by atoms with van der Waals surface area (Å²) in [6.45, 7) is 0. The van der Waals surface area contributed by atoms with Crippen LogP contribution in [0.15, 0.2) is 18.2 Å². The lowest BCUT2D eigenvalue weighted by Crippen LogP contribution is -2.16. The van der Waals surface area contributed by atoms with Gasteiger partial charge in [-0.1, -0.05) is 69.6 Å². The zero-order valence-electron chi connectivity index (χ0n) is 12.2. The first-order valence-corrected chi connectivity index (χ1v) is 8.45. The van der Waals surface area contributed by atoms with Gasteiger partial charge >= 0.3 is 0 Å². The van der Waals surface area contributed by atoms with Crippen LogP contribution in [0.4, 0.5) is 0 Å². The standard InChI is InChI=1S/C13H9Cl6N3O2/c1-23-7-3-6(4-8(5-7)24-2)9-20-10(12(14,15)16)22-11(21-9)13(17,18)19/h3-5H,1-2H3. The topological polar surface area (TPSA) is 57.1 Å². The number of alkyl halides is 6. The van der Waals surface area contributed by atoms with Gasteiger partial charge < -0.3 is 9.47 Å². The van der Waals surface area contributed by atoms with Gasteiger partial charge in [0.25, 0.3) is 0 Å². The van der Waals surface area contributed by atoms with Gasteiger partial charge in [0.05, 0.1) is 14.2 Å². The van der Waals surface area contributed by atoms with Crippen LogP contribution in [-0.4, -0.2) is 29.2 Å². The van der Waals surface area contributed by atoms with Gasteiger partial charge in [0, 0.05) is 11.6 Å². The van der Waals surface area contributed by atoms with Gasteiger partial charge in [-0.15, -0.1) is 0 Å². The molecule has 0 aliphatic carbocycles. The lowest BCUT2D eigenvalue weighted by atomic mass is 10.2. The number of hydrogen-bond donors (Lipinski definition) is 0. The first-order chi connectivity index (χ1) is 11.0. The molecule has 0 fully saturated rings. The molecule has 1 aromatic heterocycles. The van der Waals surface area contributed by atoms with Gasteiger partial charge in [0.1, 0.15) is 11.5 Å². The average Bonchev–Trinajstić information content (AvgIpc) is 2.52. The van der Waals surface area contributed by atoms with E-state index in [0.717, 1.165) is 0 Å². The van der Waals surface area contributed by atoms with Crippen LogP contribution in [0, 0.1) is 0 Å². The van der Waals surface area contributed by atoms with Crippen LogP contribution >= 0.6 is 69.6 Å². The van der Waals surface area contributed by atoms with Crippen LogP contribution < -0.4 is 9.47 Å². The summed E-state index contributed by atoms with van der Waals surface area (Å²) in [6, 6.07) is 4.99. The minimum atomic E-state index is -1.93. The van der Waals surface area contributed by atoms with E-state index in [0.29, 0.717) is 17.1 Å². The molecule has 1 aromatic carbocycles. The minimum absolute atomic E-state index is 0.129. The summed E-state index contributed by atoms with van der Waals surface area (Å²) in [4.78, 5) is 12.2. The van der Waals surface area contributed by atoms with Crippen molar-refractivity contribution in [3.8, 4) is 22.9 Å². The molecule has 0 unspecified atom stereocenters. The molecule has 0 radical (unpaired) electrons.